The summed E-state index contributed by atoms with van der Waals surface area (Å²) in [6.07, 6.45) is 3.21. The number of rotatable bonds is 2. The van der Waals surface area contributed by atoms with Gasteiger partial charge in [0.2, 0.25) is 0 Å². The molecule has 0 saturated heterocycles. The SMILES string of the molecule is Clc1nnc(Sc2ccccc2)c2nccnc12. The third kappa shape index (κ3) is 2.14. The molecule has 0 aliphatic rings. The van der Waals surface area contributed by atoms with E-state index in [1.54, 1.807) is 12.4 Å². The summed E-state index contributed by atoms with van der Waals surface area (Å²) in [7, 11) is 0. The van der Waals surface area contributed by atoms with Crippen LogP contribution in [0.15, 0.2) is 52.6 Å². The van der Waals surface area contributed by atoms with Gasteiger partial charge in [-0.3, -0.25) is 0 Å². The van der Waals surface area contributed by atoms with Gasteiger partial charge in [0.15, 0.2) is 10.2 Å². The maximum absolute atomic E-state index is 5.95. The van der Waals surface area contributed by atoms with Crippen LogP contribution < -0.4 is 0 Å². The lowest BCUT2D eigenvalue weighted by atomic mass is 10.4. The minimum atomic E-state index is 0.274. The van der Waals surface area contributed by atoms with Gasteiger partial charge in [-0.2, -0.15) is 0 Å². The highest BCUT2D eigenvalue weighted by Crippen LogP contribution is 2.30. The van der Waals surface area contributed by atoms with E-state index >= 15 is 0 Å². The molecule has 6 heteroatoms. The molecule has 0 aliphatic heterocycles. The fourth-order valence-electron chi connectivity index (χ4n) is 1.50. The van der Waals surface area contributed by atoms with Crippen LogP contribution in [0, 0.1) is 0 Å². The molecule has 2 aromatic heterocycles. The van der Waals surface area contributed by atoms with E-state index in [2.05, 4.69) is 20.2 Å². The Bertz CT molecular complexity index is 690. The van der Waals surface area contributed by atoms with Crippen molar-refractivity contribution in [3.8, 4) is 0 Å². The highest BCUT2D eigenvalue weighted by Gasteiger charge is 2.11. The van der Waals surface area contributed by atoms with E-state index in [0.717, 1.165) is 4.90 Å². The van der Waals surface area contributed by atoms with Crippen LogP contribution in [0.4, 0.5) is 0 Å². The molecule has 88 valence electrons. The quantitative estimate of drug-likeness (QED) is 0.718. The molecule has 18 heavy (non-hydrogen) atoms. The van der Waals surface area contributed by atoms with Gasteiger partial charge in [-0.25, -0.2) is 9.97 Å². The van der Waals surface area contributed by atoms with Gasteiger partial charge in [-0.15, -0.1) is 10.2 Å². The normalized spacial score (nSPS) is 10.7. The first-order valence-corrected chi connectivity index (χ1v) is 6.40. The zero-order chi connectivity index (χ0) is 12.4. The Kier molecular flexibility index (Phi) is 3.08. The predicted molar refractivity (Wildman–Crippen MR) is 70.7 cm³/mol. The lowest BCUT2D eigenvalue weighted by Gasteiger charge is -2.03. The van der Waals surface area contributed by atoms with Crippen LogP contribution in [0.25, 0.3) is 11.0 Å². The van der Waals surface area contributed by atoms with Crippen molar-refractivity contribution in [3.63, 3.8) is 0 Å². The first kappa shape index (κ1) is 11.4. The smallest absolute Gasteiger partial charge is 0.179 e. The van der Waals surface area contributed by atoms with Gasteiger partial charge >= 0.3 is 0 Å². The van der Waals surface area contributed by atoms with Crippen molar-refractivity contribution < 1.29 is 0 Å². The molecule has 0 spiro atoms. The lowest BCUT2D eigenvalue weighted by molar-refractivity contribution is 0.940. The van der Waals surface area contributed by atoms with E-state index in [4.69, 9.17) is 11.6 Å². The third-order valence-electron chi connectivity index (χ3n) is 2.28. The summed E-state index contributed by atoms with van der Waals surface area (Å²) in [4.78, 5) is 9.51. The van der Waals surface area contributed by atoms with Crippen molar-refractivity contribution in [3.05, 3.63) is 47.9 Å². The monoisotopic (exact) mass is 274 g/mol. The number of halogens is 1. The van der Waals surface area contributed by atoms with E-state index in [1.165, 1.54) is 11.8 Å². The van der Waals surface area contributed by atoms with Crippen molar-refractivity contribution in [1.82, 2.24) is 20.2 Å². The molecule has 0 aliphatic carbocycles. The van der Waals surface area contributed by atoms with Crippen LogP contribution in [-0.4, -0.2) is 20.2 Å². The van der Waals surface area contributed by atoms with E-state index < -0.39 is 0 Å². The molecule has 4 nitrogen and oxygen atoms in total. The van der Waals surface area contributed by atoms with Crippen molar-refractivity contribution in [2.24, 2.45) is 0 Å². The molecule has 0 bridgehead atoms. The van der Waals surface area contributed by atoms with Crippen LogP contribution in [0.2, 0.25) is 5.15 Å². The summed E-state index contributed by atoms with van der Waals surface area (Å²) in [5, 5.41) is 8.95. The molecule has 1 aromatic carbocycles. The number of benzene rings is 1. The van der Waals surface area contributed by atoms with Gasteiger partial charge in [-0.1, -0.05) is 41.6 Å². The first-order chi connectivity index (χ1) is 8.84. The molecular weight excluding hydrogens is 268 g/mol. The van der Waals surface area contributed by atoms with Crippen molar-refractivity contribution in [2.75, 3.05) is 0 Å². The minimum Gasteiger partial charge on any atom is -0.250 e. The van der Waals surface area contributed by atoms with Gasteiger partial charge in [0, 0.05) is 17.3 Å². The second-order valence-electron chi connectivity index (χ2n) is 3.46. The molecule has 0 fully saturated rings. The summed E-state index contributed by atoms with van der Waals surface area (Å²) in [6, 6.07) is 9.92. The second kappa shape index (κ2) is 4.88. The molecule has 2 heterocycles. The van der Waals surface area contributed by atoms with E-state index in [1.807, 2.05) is 30.3 Å². The zero-order valence-electron chi connectivity index (χ0n) is 9.12. The van der Waals surface area contributed by atoms with E-state index in [0.29, 0.717) is 16.1 Å². The standard InChI is InChI=1S/C12H7ClN4S/c13-11-9-10(15-7-6-14-9)12(17-16-11)18-8-4-2-1-3-5-8/h1-7H. The molecule has 0 atom stereocenters. The molecular formula is C12H7ClN4S. The molecule has 0 saturated carbocycles. The molecule has 3 rings (SSSR count). The highest BCUT2D eigenvalue weighted by atomic mass is 35.5. The Labute approximate surface area is 112 Å². The van der Waals surface area contributed by atoms with Crippen molar-refractivity contribution >= 4 is 34.4 Å². The van der Waals surface area contributed by atoms with Crippen LogP contribution in [0.1, 0.15) is 0 Å². The third-order valence-corrected chi connectivity index (χ3v) is 3.51. The van der Waals surface area contributed by atoms with Gasteiger partial charge in [0.05, 0.1) is 0 Å². The number of hydrogen-bond donors (Lipinski definition) is 0. The Morgan fingerprint density at radius 1 is 0.889 bits per heavy atom. The molecule has 0 N–H and O–H groups in total. The van der Waals surface area contributed by atoms with Gasteiger partial charge in [-0.05, 0) is 12.1 Å². The fraction of sp³-hybridized carbons (Fsp3) is 0. The summed E-state index contributed by atoms with van der Waals surface area (Å²) >= 11 is 7.44. The predicted octanol–water partition coefficient (Wildman–Crippen LogP) is 3.22. The zero-order valence-corrected chi connectivity index (χ0v) is 10.7. The Balaban J connectivity index is 2.10. The minimum absolute atomic E-state index is 0.274. The van der Waals surface area contributed by atoms with Crippen LogP contribution >= 0.6 is 23.4 Å². The summed E-state index contributed by atoms with van der Waals surface area (Å²) in [6.45, 7) is 0. The Morgan fingerprint density at radius 2 is 1.61 bits per heavy atom. The maximum Gasteiger partial charge on any atom is 0.179 e. The number of nitrogens with zero attached hydrogens (tertiary/aromatic N) is 4. The number of aromatic nitrogens is 4. The first-order valence-electron chi connectivity index (χ1n) is 5.20. The lowest BCUT2D eigenvalue weighted by Crippen LogP contribution is -1.93. The van der Waals surface area contributed by atoms with Crippen molar-refractivity contribution in [2.45, 2.75) is 9.92 Å². The summed E-state index contributed by atoms with van der Waals surface area (Å²) in [5.74, 6) is 0. The Morgan fingerprint density at radius 3 is 2.39 bits per heavy atom. The van der Waals surface area contributed by atoms with E-state index in [9.17, 15) is 0 Å². The number of hydrogen-bond acceptors (Lipinski definition) is 5. The molecule has 0 amide bonds. The largest absolute Gasteiger partial charge is 0.250 e. The highest BCUT2D eigenvalue weighted by molar-refractivity contribution is 7.99. The summed E-state index contributed by atoms with van der Waals surface area (Å²) < 4.78 is 0. The molecule has 0 radical (unpaired) electrons. The molecule has 3 aromatic rings. The second-order valence-corrected chi connectivity index (χ2v) is 4.88. The van der Waals surface area contributed by atoms with E-state index in [-0.39, 0.29) is 5.15 Å². The van der Waals surface area contributed by atoms with Gasteiger partial charge in [0.1, 0.15) is 11.0 Å². The average molecular weight is 275 g/mol. The topological polar surface area (TPSA) is 51.6 Å². The summed E-state index contributed by atoms with van der Waals surface area (Å²) in [5.41, 5.74) is 1.25. The average Bonchev–Trinajstić information content (AvgIpc) is 2.44. The molecule has 0 unspecified atom stereocenters. The van der Waals surface area contributed by atoms with Crippen LogP contribution in [-0.2, 0) is 0 Å². The van der Waals surface area contributed by atoms with Crippen molar-refractivity contribution in [1.29, 1.82) is 0 Å². The maximum atomic E-state index is 5.95. The fourth-order valence-corrected chi connectivity index (χ4v) is 2.52. The Hall–Kier alpha value is -1.72. The van der Waals surface area contributed by atoms with Crippen LogP contribution in [0.5, 0.6) is 0 Å². The van der Waals surface area contributed by atoms with Gasteiger partial charge in [0.25, 0.3) is 0 Å². The van der Waals surface area contributed by atoms with Gasteiger partial charge < -0.3 is 0 Å². The van der Waals surface area contributed by atoms with Crippen LogP contribution in [0.3, 0.4) is 0 Å². The number of fused-ring (bicyclic) bond motifs is 1.